The summed E-state index contributed by atoms with van der Waals surface area (Å²) in [6.45, 7) is 14.3. The second kappa shape index (κ2) is 9.28. The Balaban J connectivity index is 1.50. The highest BCUT2D eigenvalue weighted by molar-refractivity contribution is 7.43. The molecular weight excluding hydrogens is 449 g/mol. The van der Waals surface area contributed by atoms with E-state index in [1.54, 1.807) is 26.0 Å². The van der Waals surface area contributed by atoms with Crippen LogP contribution in [0.4, 0.5) is 10.1 Å². The monoisotopic (exact) mass is 474 g/mol. The Morgan fingerprint density at radius 1 is 1.06 bits per heavy atom. The maximum absolute atomic E-state index is 13.6. The Labute approximate surface area is 201 Å². The molecule has 0 fully saturated rings. The van der Waals surface area contributed by atoms with Crippen molar-refractivity contribution in [1.29, 1.82) is 0 Å². The smallest absolute Gasteiger partial charge is 0.345 e. The quantitative estimate of drug-likeness (QED) is 0.163. The Kier molecular flexibility index (Phi) is 6.41. The second-order valence-corrected chi connectivity index (χ2v) is 10.5. The van der Waals surface area contributed by atoms with E-state index in [1.165, 1.54) is 16.8 Å². The zero-order valence-electron chi connectivity index (χ0n) is 19.5. The van der Waals surface area contributed by atoms with Crippen LogP contribution < -0.4 is 4.74 Å². The zero-order valence-corrected chi connectivity index (χ0v) is 20.3. The molecule has 0 aliphatic carbocycles. The first-order chi connectivity index (χ1) is 16.2. The molecule has 4 aromatic rings. The first kappa shape index (κ1) is 23.5. The summed E-state index contributed by atoms with van der Waals surface area (Å²) in [5.41, 5.74) is 2.09. The van der Waals surface area contributed by atoms with Crippen LogP contribution in [0.3, 0.4) is 0 Å². The van der Waals surface area contributed by atoms with Crippen molar-refractivity contribution in [1.82, 2.24) is 0 Å². The number of fused-ring (bicyclic) bond motifs is 1. The number of rotatable bonds is 6. The summed E-state index contributed by atoms with van der Waals surface area (Å²) in [6.07, 6.45) is 0. The summed E-state index contributed by atoms with van der Waals surface area (Å²) in [4.78, 5) is 17.2. The van der Waals surface area contributed by atoms with Crippen molar-refractivity contribution in [3.63, 3.8) is 0 Å². The van der Waals surface area contributed by atoms with E-state index < -0.39 is 11.6 Å². The molecule has 3 aromatic carbocycles. The summed E-state index contributed by atoms with van der Waals surface area (Å²) in [7, 11) is -0.215. The number of thiophene rings is 1. The van der Waals surface area contributed by atoms with Crippen LogP contribution in [0.1, 0.15) is 30.5 Å². The van der Waals surface area contributed by atoms with Crippen LogP contribution in [0.2, 0.25) is 0 Å². The van der Waals surface area contributed by atoms with Crippen molar-refractivity contribution in [3.8, 4) is 10.6 Å². The zero-order chi connectivity index (χ0) is 24.5. The van der Waals surface area contributed by atoms with Gasteiger partial charge in [0.05, 0.1) is 6.57 Å². The molecule has 4 rings (SSSR count). The molecule has 0 radical (unpaired) electrons. The van der Waals surface area contributed by atoms with E-state index in [0.29, 0.717) is 17.0 Å². The molecular formula is C28H25FNO3S+. The number of esters is 1. The molecule has 1 unspecified atom stereocenters. The SMILES string of the molecule is [C-]#[N+]c1ccc2c(cc[s+]2-c2cc(C)c(OCC(=O)OC(C)(C)c3cccc(F)c3)c(C)c2)c1. The topological polar surface area (TPSA) is 39.9 Å². The van der Waals surface area contributed by atoms with Crippen molar-refractivity contribution in [2.75, 3.05) is 6.61 Å². The molecule has 1 heterocycles. The second-order valence-electron chi connectivity index (χ2n) is 8.64. The predicted molar refractivity (Wildman–Crippen MR) is 135 cm³/mol. The fraction of sp³-hybridized carbons (Fsp3) is 0.214. The van der Waals surface area contributed by atoms with Crippen LogP contribution in [0.15, 0.2) is 66.0 Å². The van der Waals surface area contributed by atoms with Crippen LogP contribution in [-0.4, -0.2) is 12.6 Å². The number of benzene rings is 3. The number of carbonyl (C=O) groups is 1. The van der Waals surface area contributed by atoms with Gasteiger partial charge in [-0.15, -0.1) is 0 Å². The van der Waals surface area contributed by atoms with Crippen molar-refractivity contribution in [3.05, 3.63) is 100.0 Å². The third-order valence-corrected chi connectivity index (χ3v) is 7.65. The lowest BCUT2D eigenvalue weighted by atomic mass is 9.98. The lowest BCUT2D eigenvalue weighted by Crippen LogP contribution is -2.28. The van der Waals surface area contributed by atoms with E-state index in [1.807, 2.05) is 32.0 Å². The molecule has 172 valence electrons. The summed E-state index contributed by atoms with van der Waals surface area (Å²) < 4.78 is 26.2. The lowest BCUT2D eigenvalue weighted by molar-refractivity contribution is -0.159. The molecule has 1 atom stereocenters. The van der Waals surface area contributed by atoms with E-state index in [-0.39, 0.29) is 22.9 Å². The van der Waals surface area contributed by atoms with Gasteiger partial charge in [-0.1, -0.05) is 18.2 Å². The minimum atomic E-state index is -0.979. The Hall–Kier alpha value is -3.69. The normalized spacial score (nSPS) is 11.8. The van der Waals surface area contributed by atoms with E-state index in [9.17, 15) is 9.18 Å². The molecule has 0 saturated heterocycles. The molecule has 0 N–H and O–H groups in total. The summed E-state index contributed by atoms with van der Waals surface area (Å²) >= 11 is 0. The van der Waals surface area contributed by atoms with Crippen LogP contribution in [0.5, 0.6) is 5.75 Å². The third kappa shape index (κ3) is 4.80. The first-order valence-electron chi connectivity index (χ1n) is 10.8. The van der Waals surface area contributed by atoms with Gasteiger partial charge in [-0.2, -0.15) is 0 Å². The average Bonchev–Trinajstić information content (AvgIpc) is 3.21. The molecule has 0 aliphatic rings. The van der Waals surface area contributed by atoms with Gasteiger partial charge in [-0.05, 0) is 68.7 Å². The molecule has 4 nitrogen and oxygen atoms in total. The highest BCUT2D eigenvalue weighted by atomic mass is 32.2. The highest BCUT2D eigenvalue weighted by Gasteiger charge is 2.26. The van der Waals surface area contributed by atoms with Gasteiger partial charge < -0.3 is 9.47 Å². The van der Waals surface area contributed by atoms with Gasteiger partial charge in [0.1, 0.15) is 22.5 Å². The average molecular weight is 475 g/mol. The maximum Gasteiger partial charge on any atom is 0.345 e. The maximum atomic E-state index is 13.6. The van der Waals surface area contributed by atoms with Gasteiger partial charge in [-0.3, -0.25) is 0 Å². The minimum Gasteiger partial charge on any atom is -0.481 e. The van der Waals surface area contributed by atoms with Crippen molar-refractivity contribution in [2.45, 2.75) is 33.3 Å². The Morgan fingerprint density at radius 2 is 1.79 bits per heavy atom. The van der Waals surface area contributed by atoms with Gasteiger partial charge in [0, 0.05) is 34.1 Å². The largest absolute Gasteiger partial charge is 0.481 e. The lowest BCUT2D eigenvalue weighted by Gasteiger charge is -2.26. The van der Waals surface area contributed by atoms with E-state index >= 15 is 0 Å². The van der Waals surface area contributed by atoms with Crippen molar-refractivity contribution in [2.24, 2.45) is 0 Å². The summed E-state index contributed by atoms with van der Waals surface area (Å²) in [5.74, 6) is -0.252. The van der Waals surface area contributed by atoms with Crippen LogP contribution >= 0.6 is 10.5 Å². The number of ether oxygens (including phenoxy) is 2. The van der Waals surface area contributed by atoms with E-state index in [2.05, 4.69) is 28.4 Å². The van der Waals surface area contributed by atoms with Crippen LogP contribution in [0.25, 0.3) is 19.8 Å². The third-order valence-electron chi connectivity index (χ3n) is 5.65. The standard InChI is InChI=1S/C28H25FNO3S/c1-18-13-24(34-12-11-20-15-23(30-5)9-10-25(20)34)14-19(2)27(18)32-17-26(31)33-28(3,4)21-7-6-8-22(29)16-21/h6-16H,17H2,1-4H3/q+1. The van der Waals surface area contributed by atoms with Crippen LogP contribution in [-0.2, 0) is 15.1 Å². The molecule has 1 aromatic heterocycles. The minimum absolute atomic E-state index is 0.215. The van der Waals surface area contributed by atoms with Gasteiger partial charge in [0.15, 0.2) is 21.9 Å². The molecule has 0 aliphatic heterocycles. The van der Waals surface area contributed by atoms with Crippen LogP contribution in [0, 0.1) is 26.2 Å². The van der Waals surface area contributed by atoms with Crippen molar-refractivity contribution >= 4 is 32.2 Å². The van der Waals surface area contributed by atoms with E-state index in [0.717, 1.165) is 21.4 Å². The Bertz CT molecular complexity index is 1410. The fourth-order valence-electron chi connectivity index (χ4n) is 3.99. The molecule has 0 bridgehead atoms. The first-order valence-corrected chi connectivity index (χ1v) is 12.1. The molecule has 0 saturated carbocycles. The number of halogens is 1. The Morgan fingerprint density at radius 3 is 2.47 bits per heavy atom. The van der Waals surface area contributed by atoms with Gasteiger partial charge in [0.2, 0.25) is 0 Å². The fourth-order valence-corrected chi connectivity index (χ4v) is 6.03. The van der Waals surface area contributed by atoms with Gasteiger partial charge in [0.25, 0.3) is 0 Å². The summed E-state index contributed by atoms with van der Waals surface area (Å²) in [5, 5.41) is 3.25. The number of hydrogen-bond donors (Lipinski definition) is 0. The summed E-state index contributed by atoms with van der Waals surface area (Å²) in [6, 6.07) is 18.1. The highest BCUT2D eigenvalue weighted by Crippen LogP contribution is 2.43. The molecule has 0 amide bonds. The number of hydrogen-bond acceptors (Lipinski definition) is 3. The van der Waals surface area contributed by atoms with Crippen molar-refractivity contribution < 1.29 is 18.7 Å². The number of nitrogens with zero attached hydrogens (tertiary/aromatic N) is 1. The molecule has 6 heteroatoms. The predicted octanol–water partition coefficient (Wildman–Crippen LogP) is 7.74. The number of aryl methyl sites for hydroxylation is 2. The molecule has 34 heavy (non-hydrogen) atoms. The molecule has 0 spiro atoms. The van der Waals surface area contributed by atoms with Gasteiger partial charge in [-0.25, -0.2) is 14.0 Å². The number of carbonyl (C=O) groups excluding carboxylic acids is 1. The van der Waals surface area contributed by atoms with E-state index in [4.69, 9.17) is 16.0 Å². The van der Waals surface area contributed by atoms with Gasteiger partial charge >= 0.3 is 5.97 Å².